The van der Waals surface area contributed by atoms with Gasteiger partial charge in [0.05, 0.1) is 4.49 Å². The van der Waals surface area contributed by atoms with Crippen LogP contribution in [0.2, 0.25) is 0 Å². The molecule has 0 aliphatic carbocycles. The van der Waals surface area contributed by atoms with E-state index in [4.69, 9.17) is 28.3 Å². The van der Waals surface area contributed by atoms with Crippen LogP contribution in [0.5, 0.6) is 0 Å². The molecule has 0 saturated carbocycles. The number of hydrogen-bond acceptors (Lipinski definition) is 1. The third kappa shape index (κ3) is 1470. The van der Waals surface area contributed by atoms with Crippen LogP contribution in [-0.4, -0.2) is 11.7 Å². The van der Waals surface area contributed by atoms with Crippen molar-refractivity contribution >= 4 is 23.2 Å². The Labute approximate surface area is 53.6 Å². The molecule has 0 bridgehead atoms. The van der Waals surface area contributed by atoms with E-state index in [2.05, 4.69) is 6.58 Å². The first-order valence-corrected chi connectivity index (χ1v) is 2.51. The molecular formula is C4H8Cl2O. The van der Waals surface area contributed by atoms with Crippen LogP contribution >= 0.6 is 23.2 Å². The predicted molar refractivity (Wildman–Crippen MR) is 33.6 cm³/mol. The van der Waals surface area contributed by atoms with Crippen LogP contribution in [0.3, 0.4) is 0 Å². The monoisotopic (exact) mass is 142 g/mol. The maximum Gasteiger partial charge on any atom is 0.0992 e. The summed E-state index contributed by atoms with van der Waals surface area (Å²) < 4.78 is 0.111. The summed E-state index contributed by atoms with van der Waals surface area (Å²) >= 11 is 9.69. The van der Waals surface area contributed by atoms with Crippen LogP contribution in [0.25, 0.3) is 0 Å². The maximum atomic E-state index is 7.57. The summed E-state index contributed by atoms with van der Waals surface area (Å²) in [6, 6.07) is 0. The zero-order valence-corrected chi connectivity index (χ0v) is 5.63. The van der Waals surface area contributed by atoms with Crippen molar-refractivity contribution in [2.45, 2.75) is 6.92 Å². The Morgan fingerprint density at radius 1 is 1.71 bits per heavy atom. The van der Waals surface area contributed by atoms with Crippen LogP contribution < -0.4 is 0 Å². The highest BCUT2D eigenvalue weighted by Crippen LogP contribution is 1.98. The SMILES string of the molecule is C=C(Cl)Cl.CCO. The molecule has 3 heteroatoms. The molecule has 0 aromatic carbocycles. The largest absolute Gasteiger partial charge is 0.397 e. The number of rotatable bonds is 0. The molecule has 1 nitrogen and oxygen atoms in total. The molecule has 0 atom stereocenters. The van der Waals surface area contributed by atoms with E-state index in [1.54, 1.807) is 6.92 Å². The van der Waals surface area contributed by atoms with E-state index in [0.717, 1.165) is 0 Å². The van der Waals surface area contributed by atoms with Gasteiger partial charge in [0.1, 0.15) is 0 Å². The van der Waals surface area contributed by atoms with Gasteiger partial charge in [-0.05, 0) is 6.92 Å². The Morgan fingerprint density at radius 2 is 1.71 bits per heavy atom. The van der Waals surface area contributed by atoms with Crippen molar-refractivity contribution in [2.24, 2.45) is 0 Å². The smallest absolute Gasteiger partial charge is 0.0992 e. The Kier molecular flexibility index (Phi) is 14.1. The zero-order valence-electron chi connectivity index (χ0n) is 4.12. The van der Waals surface area contributed by atoms with E-state index in [0.29, 0.717) is 0 Å². The summed E-state index contributed by atoms with van der Waals surface area (Å²) in [6.45, 7) is 5.02. The van der Waals surface area contributed by atoms with Gasteiger partial charge in [-0.3, -0.25) is 0 Å². The summed E-state index contributed by atoms with van der Waals surface area (Å²) in [6.07, 6.45) is 0. The molecule has 0 saturated heterocycles. The second-order valence-electron chi connectivity index (χ2n) is 0.655. The first-order valence-electron chi connectivity index (χ1n) is 1.75. The second kappa shape index (κ2) is 9.56. The van der Waals surface area contributed by atoms with Gasteiger partial charge >= 0.3 is 0 Å². The van der Waals surface area contributed by atoms with Gasteiger partial charge in [0.15, 0.2) is 0 Å². The van der Waals surface area contributed by atoms with Gasteiger partial charge in [-0.25, -0.2) is 0 Å². The summed E-state index contributed by atoms with van der Waals surface area (Å²) in [5.74, 6) is 0. The fraction of sp³-hybridized carbons (Fsp3) is 0.500. The Morgan fingerprint density at radius 3 is 1.71 bits per heavy atom. The van der Waals surface area contributed by atoms with Gasteiger partial charge in [0.2, 0.25) is 0 Å². The molecule has 7 heavy (non-hydrogen) atoms. The molecule has 0 fully saturated rings. The molecule has 0 aliphatic rings. The first-order chi connectivity index (χ1) is 3.15. The normalized spacial score (nSPS) is 6.29. The fourth-order valence-corrected chi connectivity index (χ4v) is 0. The van der Waals surface area contributed by atoms with Crippen LogP contribution in [0.15, 0.2) is 11.1 Å². The molecule has 0 amide bonds. The average Bonchev–Trinajstić information content (AvgIpc) is 1.33. The van der Waals surface area contributed by atoms with E-state index < -0.39 is 0 Å². The number of aliphatic hydroxyl groups excluding tert-OH is 1. The fourth-order valence-electron chi connectivity index (χ4n) is 0. The summed E-state index contributed by atoms with van der Waals surface area (Å²) in [7, 11) is 0. The average molecular weight is 143 g/mol. The third-order valence-corrected chi connectivity index (χ3v) is 0. The van der Waals surface area contributed by atoms with Crippen LogP contribution in [-0.2, 0) is 0 Å². The lowest BCUT2D eigenvalue weighted by Crippen LogP contribution is -1.57. The van der Waals surface area contributed by atoms with Crippen molar-refractivity contribution in [2.75, 3.05) is 6.61 Å². The van der Waals surface area contributed by atoms with Gasteiger partial charge in [-0.15, -0.1) is 0 Å². The lowest BCUT2D eigenvalue weighted by molar-refractivity contribution is 0.318. The number of halogens is 2. The summed E-state index contributed by atoms with van der Waals surface area (Å²) in [4.78, 5) is 0. The van der Waals surface area contributed by atoms with Crippen molar-refractivity contribution in [1.82, 2.24) is 0 Å². The van der Waals surface area contributed by atoms with Gasteiger partial charge in [0.25, 0.3) is 0 Å². The quantitative estimate of drug-likeness (QED) is 0.549. The van der Waals surface area contributed by atoms with Crippen molar-refractivity contribution in [3.8, 4) is 0 Å². The molecule has 44 valence electrons. The lowest BCUT2D eigenvalue weighted by atomic mass is 10.9. The molecule has 0 aromatic rings. The van der Waals surface area contributed by atoms with Gasteiger partial charge in [-0.2, -0.15) is 0 Å². The molecular weight excluding hydrogens is 135 g/mol. The van der Waals surface area contributed by atoms with E-state index >= 15 is 0 Å². The van der Waals surface area contributed by atoms with Crippen LogP contribution in [0.4, 0.5) is 0 Å². The first kappa shape index (κ1) is 10.3. The highest BCUT2D eigenvalue weighted by atomic mass is 35.5. The topological polar surface area (TPSA) is 20.2 Å². The zero-order chi connectivity index (χ0) is 6.28. The van der Waals surface area contributed by atoms with Gasteiger partial charge in [-0.1, -0.05) is 29.8 Å². The van der Waals surface area contributed by atoms with Crippen molar-refractivity contribution in [3.05, 3.63) is 11.1 Å². The van der Waals surface area contributed by atoms with Gasteiger partial charge in [0, 0.05) is 6.61 Å². The molecule has 0 aliphatic heterocycles. The van der Waals surface area contributed by atoms with Crippen LogP contribution in [0.1, 0.15) is 6.92 Å². The molecule has 1 N–H and O–H groups in total. The van der Waals surface area contributed by atoms with Gasteiger partial charge < -0.3 is 5.11 Å². The molecule has 0 spiro atoms. The Hall–Kier alpha value is 0.280. The standard InChI is InChI=1S/C2H2Cl2.C2H6O/c1-2(3)4;1-2-3/h1H2;3H,2H2,1H3. The summed E-state index contributed by atoms with van der Waals surface area (Å²) in [5.41, 5.74) is 0. The predicted octanol–water partition coefficient (Wildman–Crippen LogP) is 1.93. The van der Waals surface area contributed by atoms with E-state index in [1.165, 1.54) is 0 Å². The van der Waals surface area contributed by atoms with E-state index in [-0.39, 0.29) is 11.1 Å². The minimum atomic E-state index is 0.111. The number of aliphatic hydroxyl groups is 1. The van der Waals surface area contributed by atoms with E-state index in [1.807, 2.05) is 0 Å². The lowest BCUT2D eigenvalue weighted by Gasteiger charge is -1.57. The highest BCUT2D eigenvalue weighted by molar-refractivity contribution is 6.55. The molecule has 0 unspecified atom stereocenters. The van der Waals surface area contributed by atoms with E-state index in [9.17, 15) is 0 Å². The minimum absolute atomic E-state index is 0.111. The highest BCUT2D eigenvalue weighted by Gasteiger charge is 1.60. The number of hydrogen-bond donors (Lipinski definition) is 1. The maximum absolute atomic E-state index is 7.57. The third-order valence-electron chi connectivity index (χ3n) is 0. The van der Waals surface area contributed by atoms with Crippen LogP contribution in [0, 0.1) is 0 Å². The second-order valence-corrected chi connectivity index (χ2v) is 1.76. The van der Waals surface area contributed by atoms with Crippen molar-refractivity contribution in [3.63, 3.8) is 0 Å². The Bertz CT molecular complexity index is 41.0. The molecule has 0 aromatic heterocycles. The van der Waals surface area contributed by atoms with Crippen molar-refractivity contribution in [1.29, 1.82) is 0 Å². The minimum Gasteiger partial charge on any atom is -0.397 e. The molecule has 0 rings (SSSR count). The molecule has 0 heterocycles. The van der Waals surface area contributed by atoms with Crippen molar-refractivity contribution < 1.29 is 5.11 Å². The Balaban J connectivity index is 0. The summed E-state index contributed by atoms with van der Waals surface area (Å²) in [5, 5.41) is 7.57. The molecule has 0 radical (unpaired) electrons.